The Labute approximate surface area is 180 Å². The number of halogens is 2. The third-order valence-electron chi connectivity index (χ3n) is 5.69. The van der Waals surface area contributed by atoms with Crippen LogP contribution in [0.4, 0.5) is 25.1 Å². The van der Waals surface area contributed by atoms with E-state index in [2.05, 4.69) is 15.2 Å². The highest BCUT2D eigenvalue weighted by Crippen LogP contribution is 2.24. The first kappa shape index (κ1) is 20.8. The summed E-state index contributed by atoms with van der Waals surface area (Å²) in [6, 6.07) is 16.7. The van der Waals surface area contributed by atoms with Crippen LogP contribution in [0.25, 0.3) is 11.1 Å². The van der Waals surface area contributed by atoms with Crippen molar-refractivity contribution in [3.8, 4) is 11.1 Å². The lowest BCUT2D eigenvalue weighted by atomic mass is 10.0. The number of amides is 2. The SMILES string of the molecule is CN(C(=O)Nc1ccc(-c2ccc(F)c(F)c2)cc1)C1CCN(c2ccccn2)CC1. The number of carbonyl (C=O) groups is 1. The molecule has 0 atom stereocenters. The van der Waals surface area contributed by atoms with Gasteiger partial charge in [0, 0.05) is 38.1 Å². The number of aromatic nitrogens is 1. The Hall–Kier alpha value is -3.48. The van der Waals surface area contributed by atoms with Gasteiger partial charge in [-0.1, -0.05) is 24.3 Å². The summed E-state index contributed by atoms with van der Waals surface area (Å²) in [5.74, 6) is -0.790. The smallest absolute Gasteiger partial charge is 0.321 e. The highest BCUT2D eigenvalue weighted by atomic mass is 19.2. The Kier molecular flexibility index (Phi) is 6.11. The van der Waals surface area contributed by atoms with Crippen LogP contribution in [0.3, 0.4) is 0 Å². The molecule has 0 saturated carbocycles. The molecule has 1 aliphatic heterocycles. The van der Waals surface area contributed by atoms with Crippen LogP contribution >= 0.6 is 0 Å². The van der Waals surface area contributed by atoms with Crippen LogP contribution in [0, 0.1) is 11.6 Å². The van der Waals surface area contributed by atoms with Gasteiger partial charge >= 0.3 is 6.03 Å². The zero-order valence-corrected chi connectivity index (χ0v) is 17.3. The molecule has 0 radical (unpaired) electrons. The predicted octanol–water partition coefficient (Wildman–Crippen LogP) is 5.16. The van der Waals surface area contributed by atoms with Crippen molar-refractivity contribution in [2.24, 2.45) is 0 Å². The van der Waals surface area contributed by atoms with Gasteiger partial charge in [-0.15, -0.1) is 0 Å². The minimum absolute atomic E-state index is 0.154. The molecule has 1 N–H and O–H groups in total. The first-order valence-corrected chi connectivity index (χ1v) is 10.3. The molecule has 1 aliphatic rings. The first-order chi connectivity index (χ1) is 15.0. The van der Waals surface area contributed by atoms with E-state index >= 15 is 0 Å². The van der Waals surface area contributed by atoms with Crippen LogP contribution in [-0.2, 0) is 0 Å². The molecule has 0 spiro atoms. The fourth-order valence-corrected chi connectivity index (χ4v) is 3.82. The van der Waals surface area contributed by atoms with Crippen molar-refractivity contribution in [3.05, 3.63) is 78.5 Å². The zero-order chi connectivity index (χ0) is 21.8. The second kappa shape index (κ2) is 9.12. The van der Waals surface area contributed by atoms with Gasteiger partial charge in [0.2, 0.25) is 0 Å². The summed E-state index contributed by atoms with van der Waals surface area (Å²) in [6.07, 6.45) is 3.53. The summed E-state index contributed by atoms with van der Waals surface area (Å²) in [5, 5.41) is 2.91. The third kappa shape index (κ3) is 4.82. The summed E-state index contributed by atoms with van der Waals surface area (Å²) in [4.78, 5) is 21.1. The van der Waals surface area contributed by atoms with Crippen molar-refractivity contribution in [2.75, 3.05) is 30.4 Å². The lowest BCUT2D eigenvalue weighted by Crippen LogP contribution is -2.47. The number of anilines is 2. The monoisotopic (exact) mass is 422 g/mol. The Morgan fingerprint density at radius 1 is 1.00 bits per heavy atom. The van der Waals surface area contributed by atoms with Crippen LogP contribution in [0.5, 0.6) is 0 Å². The van der Waals surface area contributed by atoms with Crippen molar-refractivity contribution >= 4 is 17.5 Å². The molecule has 160 valence electrons. The van der Waals surface area contributed by atoms with Gasteiger partial charge in [-0.25, -0.2) is 18.6 Å². The fraction of sp³-hybridized carbons (Fsp3) is 0.250. The minimum Gasteiger partial charge on any atom is -0.356 e. The predicted molar refractivity (Wildman–Crippen MR) is 118 cm³/mol. The quantitative estimate of drug-likeness (QED) is 0.632. The number of hydrogen-bond acceptors (Lipinski definition) is 3. The number of hydrogen-bond donors (Lipinski definition) is 1. The normalized spacial score (nSPS) is 14.4. The second-order valence-corrected chi connectivity index (χ2v) is 7.65. The number of urea groups is 1. The molecule has 0 aliphatic carbocycles. The lowest BCUT2D eigenvalue weighted by molar-refractivity contribution is 0.193. The van der Waals surface area contributed by atoms with E-state index in [9.17, 15) is 13.6 Å². The standard InChI is InChI=1S/C24H24F2N4O/c1-29(20-11-14-30(15-12-20)23-4-2-3-13-27-23)24(31)28-19-8-5-17(6-9-19)18-7-10-21(25)22(26)16-18/h2-10,13,16,20H,11-12,14-15H2,1H3,(H,28,31). The molecule has 2 heterocycles. The maximum absolute atomic E-state index is 13.5. The summed E-state index contributed by atoms with van der Waals surface area (Å²) < 4.78 is 26.6. The number of pyridine rings is 1. The van der Waals surface area contributed by atoms with Crippen LogP contribution in [0.2, 0.25) is 0 Å². The number of nitrogens with zero attached hydrogens (tertiary/aromatic N) is 3. The van der Waals surface area contributed by atoms with E-state index in [1.165, 1.54) is 6.07 Å². The minimum atomic E-state index is -0.884. The van der Waals surface area contributed by atoms with E-state index in [1.54, 1.807) is 35.4 Å². The molecular weight excluding hydrogens is 398 g/mol. The third-order valence-corrected chi connectivity index (χ3v) is 5.69. The van der Waals surface area contributed by atoms with Gasteiger partial charge in [0.1, 0.15) is 5.82 Å². The van der Waals surface area contributed by atoms with E-state index in [0.29, 0.717) is 11.3 Å². The highest BCUT2D eigenvalue weighted by molar-refractivity contribution is 5.89. The summed E-state index contributed by atoms with van der Waals surface area (Å²) in [7, 11) is 1.81. The van der Waals surface area contributed by atoms with Crippen LogP contribution in [0.1, 0.15) is 12.8 Å². The molecule has 0 bridgehead atoms. The molecule has 5 nitrogen and oxygen atoms in total. The number of benzene rings is 2. The molecule has 3 aromatic rings. The van der Waals surface area contributed by atoms with Crippen LogP contribution in [0.15, 0.2) is 66.9 Å². The number of nitrogens with one attached hydrogen (secondary N) is 1. The van der Waals surface area contributed by atoms with Crippen LogP contribution < -0.4 is 10.2 Å². The van der Waals surface area contributed by atoms with Crippen molar-refractivity contribution < 1.29 is 13.6 Å². The van der Waals surface area contributed by atoms with Crippen molar-refractivity contribution in [1.29, 1.82) is 0 Å². The maximum atomic E-state index is 13.5. The summed E-state index contributed by atoms with van der Waals surface area (Å²) in [6.45, 7) is 1.70. The van der Waals surface area contributed by atoms with Crippen molar-refractivity contribution in [2.45, 2.75) is 18.9 Å². The largest absolute Gasteiger partial charge is 0.356 e. The topological polar surface area (TPSA) is 48.5 Å². The second-order valence-electron chi connectivity index (χ2n) is 7.65. The molecule has 31 heavy (non-hydrogen) atoms. The molecule has 0 unspecified atom stereocenters. The molecule has 1 aromatic heterocycles. The summed E-state index contributed by atoms with van der Waals surface area (Å²) >= 11 is 0. The van der Waals surface area contributed by atoms with E-state index in [1.807, 2.05) is 25.2 Å². The van der Waals surface area contributed by atoms with E-state index in [4.69, 9.17) is 0 Å². The number of piperidine rings is 1. The molecular formula is C24H24F2N4O. The summed E-state index contributed by atoms with van der Waals surface area (Å²) in [5.41, 5.74) is 1.97. The first-order valence-electron chi connectivity index (χ1n) is 10.3. The van der Waals surface area contributed by atoms with Gasteiger partial charge in [0.05, 0.1) is 0 Å². The maximum Gasteiger partial charge on any atom is 0.321 e. The van der Waals surface area contributed by atoms with Gasteiger partial charge < -0.3 is 15.1 Å². The van der Waals surface area contributed by atoms with Gasteiger partial charge in [-0.05, 0) is 60.4 Å². The Balaban J connectivity index is 1.33. The molecule has 7 heteroatoms. The molecule has 1 fully saturated rings. The Morgan fingerprint density at radius 2 is 1.71 bits per heavy atom. The Bertz CT molecular complexity index is 1040. The molecule has 4 rings (SSSR count). The highest BCUT2D eigenvalue weighted by Gasteiger charge is 2.26. The van der Waals surface area contributed by atoms with Gasteiger partial charge in [0.25, 0.3) is 0 Å². The lowest BCUT2D eigenvalue weighted by Gasteiger charge is -2.37. The molecule has 1 saturated heterocycles. The van der Waals surface area contributed by atoms with Crippen molar-refractivity contribution in [1.82, 2.24) is 9.88 Å². The van der Waals surface area contributed by atoms with Gasteiger partial charge in [-0.3, -0.25) is 0 Å². The average molecular weight is 422 g/mol. The Morgan fingerprint density at radius 3 is 2.35 bits per heavy atom. The number of rotatable bonds is 4. The van der Waals surface area contributed by atoms with Gasteiger partial charge in [0.15, 0.2) is 11.6 Å². The van der Waals surface area contributed by atoms with E-state index in [0.717, 1.165) is 49.4 Å². The van der Waals surface area contributed by atoms with E-state index in [-0.39, 0.29) is 12.1 Å². The molecule has 2 aromatic carbocycles. The average Bonchev–Trinajstić information content (AvgIpc) is 2.81. The molecule has 2 amide bonds. The fourth-order valence-electron chi connectivity index (χ4n) is 3.82. The number of carbonyl (C=O) groups excluding carboxylic acids is 1. The van der Waals surface area contributed by atoms with Crippen molar-refractivity contribution in [3.63, 3.8) is 0 Å². The van der Waals surface area contributed by atoms with Crippen LogP contribution in [-0.4, -0.2) is 42.1 Å². The van der Waals surface area contributed by atoms with Gasteiger partial charge in [-0.2, -0.15) is 0 Å². The van der Waals surface area contributed by atoms with E-state index < -0.39 is 11.6 Å². The zero-order valence-electron chi connectivity index (χ0n) is 17.3.